The second-order valence-electron chi connectivity index (χ2n) is 6.55. The van der Waals surface area contributed by atoms with Crippen LogP contribution >= 0.6 is 11.3 Å². The number of rotatable bonds is 7. The first-order chi connectivity index (χ1) is 12.9. The van der Waals surface area contributed by atoms with Gasteiger partial charge < -0.3 is 9.47 Å². The molecule has 8 heteroatoms. The summed E-state index contributed by atoms with van der Waals surface area (Å²) in [5.74, 6) is 0.500. The molecule has 0 aliphatic heterocycles. The lowest BCUT2D eigenvalue weighted by Crippen LogP contribution is -2.26. The van der Waals surface area contributed by atoms with E-state index in [0.29, 0.717) is 22.3 Å². The Kier molecular flexibility index (Phi) is 5.85. The van der Waals surface area contributed by atoms with E-state index in [1.807, 2.05) is 18.2 Å². The van der Waals surface area contributed by atoms with Crippen LogP contribution in [0.25, 0.3) is 4.96 Å². The zero-order valence-corrected chi connectivity index (χ0v) is 16.2. The largest absolute Gasteiger partial charge is 0.479 e. The highest BCUT2D eigenvalue weighted by atomic mass is 32.1. The number of benzene rings is 1. The van der Waals surface area contributed by atoms with Crippen molar-refractivity contribution in [2.24, 2.45) is 5.92 Å². The number of hydrogen-bond acceptors (Lipinski definition) is 7. The zero-order valence-electron chi connectivity index (χ0n) is 15.4. The summed E-state index contributed by atoms with van der Waals surface area (Å²) in [5, 5.41) is 5.15. The van der Waals surface area contributed by atoms with Gasteiger partial charge in [0.25, 0.3) is 5.56 Å². The van der Waals surface area contributed by atoms with Crippen molar-refractivity contribution in [2.75, 3.05) is 0 Å². The van der Waals surface area contributed by atoms with Gasteiger partial charge in [-0.15, -0.1) is 0 Å². The average Bonchev–Trinajstić information content (AvgIpc) is 3.02. The van der Waals surface area contributed by atoms with E-state index in [4.69, 9.17) is 9.47 Å². The highest BCUT2D eigenvalue weighted by Gasteiger charge is 2.17. The number of nitrogens with zero attached hydrogens (tertiary/aromatic N) is 3. The molecule has 3 aromatic rings. The molecule has 2 aromatic heterocycles. The lowest BCUT2D eigenvalue weighted by Gasteiger charge is -2.13. The first kappa shape index (κ1) is 19.0. The van der Waals surface area contributed by atoms with Crippen LogP contribution in [-0.2, 0) is 22.6 Å². The molecule has 0 saturated heterocycles. The molecule has 7 nitrogen and oxygen atoms in total. The molecule has 3 rings (SSSR count). The summed E-state index contributed by atoms with van der Waals surface area (Å²) in [6.45, 7) is 5.70. The lowest BCUT2D eigenvalue weighted by molar-refractivity contribution is -0.152. The number of hydrogen-bond donors (Lipinski definition) is 0. The SMILES string of the molecule is CC(C)Cc1nn2c(=O)cc(COC(=O)C(C)Oc3ccccc3)nc2s1. The number of carbonyl (C=O) groups is 1. The molecule has 2 heterocycles. The first-order valence-electron chi connectivity index (χ1n) is 8.69. The summed E-state index contributed by atoms with van der Waals surface area (Å²) >= 11 is 1.37. The smallest absolute Gasteiger partial charge is 0.347 e. The minimum atomic E-state index is -0.765. The Morgan fingerprint density at radius 2 is 1.96 bits per heavy atom. The molecule has 142 valence electrons. The van der Waals surface area contributed by atoms with Crippen molar-refractivity contribution in [3.8, 4) is 5.75 Å². The topological polar surface area (TPSA) is 82.8 Å². The van der Waals surface area contributed by atoms with Gasteiger partial charge in [-0.05, 0) is 25.0 Å². The Morgan fingerprint density at radius 1 is 1.22 bits per heavy atom. The predicted octanol–water partition coefficient (Wildman–Crippen LogP) is 2.86. The molecule has 0 bridgehead atoms. The van der Waals surface area contributed by atoms with Crippen molar-refractivity contribution in [3.05, 3.63) is 57.5 Å². The summed E-state index contributed by atoms with van der Waals surface area (Å²) in [6, 6.07) is 10.4. The van der Waals surface area contributed by atoms with Crippen LogP contribution in [0.15, 0.2) is 41.2 Å². The van der Waals surface area contributed by atoms with Crippen LogP contribution in [0.2, 0.25) is 0 Å². The van der Waals surface area contributed by atoms with Crippen LogP contribution in [0, 0.1) is 5.92 Å². The summed E-state index contributed by atoms with van der Waals surface area (Å²) in [6.07, 6.45) is 0.0184. The number of ether oxygens (including phenoxy) is 2. The van der Waals surface area contributed by atoms with Crippen LogP contribution in [0.1, 0.15) is 31.5 Å². The van der Waals surface area contributed by atoms with Crippen molar-refractivity contribution >= 4 is 22.3 Å². The normalized spacial score (nSPS) is 12.3. The maximum atomic E-state index is 12.2. The van der Waals surface area contributed by atoms with E-state index in [1.54, 1.807) is 19.1 Å². The molecule has 0 saturated carbocycles. The minimum Gasteiger partial charge on any atom is -0.479 e. The number of esters is 1. The molecule has 27 heavy (non-hydrogen) atoms. The molecule has 0 aliphatic carbocycles. The third-order valence-corrected chi connectivity index (χ3v) is 4.60. The fourth-order valence-corrected chi connectivity index (χ4v) is 3.55. The second kappa shape index (κ2) is 8.30. The Morgan fingerprint density at radius 3 is 2.67 bits per heavy atom. The lowest BCUT2D eigenvalue weighted by atomic mass is 10.1. The van der Waals surface area contributed by atoms with Gasteiger partial charge in [-0.3, -0.25) is 4.79 Å². The van der Waals surface area contributed by atoms with Gasteiger partial charge in [0, 0.05) is 12.5 Å². The van der Waals surface area contributed by atoms with Crippen molar-refractivity contribution in [1.82, 2.24) is 14.6 Å². The summed E-state index contributed by atoms with van der Waals surface area (Å²) < 4.78 is 12.1. The van der Waals surface area contributed by atoms with Gasteiger partial charge in [-0.25, -0.2) is 9.78 Å². The average molecular weight is 387 g/mol. The number of carbonyl (C=O) groups excluding carboxylic acids is 1. The van der Waals surface area contributed by atoms with Crippen molar-refractivity contribution < 1.29 is 14.3 Å². The fraction of sp³-hybridized carbons (Fsp3) is 0.368. The van der Waals surface area contributed by atoms with E-state index >= 15 is 0 Å². The monoisotopic (exact) mass is 387 g/mol. The Balaban J connectivity index is 1.65. The molecule has 0 amide bonds. The van der Waals surface area contributed by atoms with Crippen LogP contribution in [0.5, 0.6) is 5.75 Å². The van der Waals surface area contributed by atoms with Crippen molar-refractivity contribution in [1.29, 1.82) is 0 Å². The highest BCUT2D eigenvalue weighted by Crippen LogP contribution is 2.16. The molecular formula is C19H21N3O4S. The Bertz CT molecular complexity index is 982. The van der Waals surface area contributed by atoms with E-state index < -0.39 is 12.1 Å². The zero-order chi connectivity index (χ0) is 19.4. The van der Waals surface area contributed by atoms with Crippen LogP contribution in [0.3, 0.4) is 0 Å². The molecule has 1 unspecified atom stereocenters. The van der Waals surface area contributed by atoms with Gasteiger partial charge in [-0.1, -0.05) is 43.4 Å². The van der Waals surface area contributed by atoms with E-state index in [1.165, 1.54) is 21.9 Å². The third kappa shape index (κ3) is 4.91. The van der Waals surface area contributed by atoms with Crippen LogP contribution < -0.4 is 10.3 Å². The quantitative estimate of drug-likeness (QED) is 0.580. The van der Waals surface area contributed by atoms with E-state index in [9.17, 15) is 9.59 Å². The summed E-state index contributed by atoms with van der Waals surface area (Å²) in [4.78, 5) is 29.2. The van der Waals surface area contributed by atoms with Gasteiger partial charge in [0.2, 0.25) is 4.96 Å². The molecule has 0 radical (unpaired) electrons. The van der Waals surface area contributed by atoms with E-state index in [2.05, 4.69) is 23.9 Å². The molecule has 0 fully saturated rings. The van der Waals surface area contributed by atoms with E-state index in [-0.39, 0.29) is 12.2 Å². The molecule has 1 aromatic carbocycles. The van der Waals surface area contributed by atoms with Crippen LogP contribution in [0.4, 0.5) is 0 Å². The molecule has 0 N–H and O–H groups in total. The predicted molar refractivity (Wildman–Crippen MR) is 102 cm³/mol. The maximum absolute atomic E-state index is 12.2. The Labute approximate surface area is 160 Å². The van der Waals surface area contributed by atoms with Gasteiger partial charge in [0.1, 0.15) is 17.4 Å². The molecule has 0 aliphatic rings. The Hall–Kier alpha value is -2.74. The highest BCUT2D eigenvalue weighted by molar-refractivity contribution is 7.16. The minimum absolute atomic E-state index is 0.0928. The maximum Gasteiger partial charge on any atom is 0.347 e. The van der Waals surface area contributed by atoms with Crippen molar-refractivity contribution in [2.45, 2.75) is 39.9 Å². The van der Waals surface area contributed by atoms with Crippen molar-refractivity contribution in [3.63, 3.8) is 0 Å². The fourth-order valence-electron chi connectivity index (χ4n) is 2.42. The van der Waals surface area contributed by atoms with Gasteiger partial charge in [0.05, 0.1) is 5.69 Å². The number of aromatic nitrogens is 3. The molecular weight excluding hydrogens is 366 g/mol. The summed E-state index contributed by atoms with van der Waals surface area (Å²) in [7, 11) is 0. The third-order valence-electron chi connectivity index (χ3n) is 3.67. The summed E-state index contributed by atoms with van der Waals surface area (Å²) in [5.41, 5.74) is 0.103. The van der Waals surface area contributed by atoms with Gasteiger partial charge in [-0.2, -0.15) is 9.61 Å². The first-order valence-corrected chi connectivity index (χ1v) is 9.51. The van der Waals surface area contributed by atoms with Crippen LogP contribution in [-0.4, -0.2) is 26.7 Å². The van der Waals surface area contributed by atoms with E-state index in [0.717, 1.165) is 11.4 Å². The number of fused-ring (bicyclic) bond motifs is 1. The van der Waals surface area contributed by atoms with Gasteiger partial charge in [0.15, 0.2) is 6.10 Å². The standard InChI is InChI=1S/C19H21N3O4S/c1-12(2)9-16-21-22-17(23)10-14(20-19(22)27-16)11-25-18(24)13(3)26-15-7-5-4-6-8-15/h4-8,10,12-13H,9,11H2,1-3H3. The second-order valence-corrected chi connectivity index (χ2v) is 7.60. The molecule has 1 atom stereocenters. The number of para-hydroxylation sites is 1. The van der Waals surface area contributed by atoms with Gasteiger partial charge >= 0.3 is 5.97 Å². The molecule has 0 spiro atoms.